The maximum absolute atomic E-state index is 13.1. The highest BCUT2D eigenvalue weighted by molar-refractivity contribution is 5.94. The Balaban J connectivity index is 2.17. The van der Waals surface area contributed by atoms with E-state index >= 15 is 0 Å². The van der Waals surface area contributed by atoms with Crippen LogP contribution in [0, 0.1) is 19.7 Å². The average Bonchev–Trinajstić information content (AvgIpc) is 2.41. The zero-order chi connectivity index (χ0) is 14.7. The molecule has 2 aromatic carbocycles. The number of nitrogens with one attached hydrogen (secondary N) is 1. The first-order valence-electron chi connectivity index (χ1n) is 6.61. The summed E-state index contributed by atoms with van der Waals surface area (Å²) in [7, 11) is 0. The molecule has 1 amide bonds. The SMILES string of the molecule is Cc1ccc(C)c([C@H](C)NC(=O)c2cccc(F)c2)c1. The lowest BCUT2D eigenvalue weighted by Crippen LogP contribution is -2.27. The Labute approximate surface area is 118 Å². The summed E-state index contributed by atoms with van der Waals surface area (Å²) in [5.41, 5.74) is 3.69. The number of amides is 1. The van der Waals surface area contributed by atoms with Gasteiger partial charge in [-0.2, -0.15) is 0 Å². The Kier molecular flexibility index (Phi) is 4.18. The molecule has 0 fully saturated rings. The van der Waals surface area contributed by atoms with Crippen LogP contribution in [0.3, 0.4) is 0 Å². The van der Waals surface area contributed by atoms with Crippen LogP contribution in [0.15, 0.2) is 42.5 Å². The van der Waals surface area contributed by atoms with E-state index in [-0.39, 0.29) is 11.9 Å². The van der Waals surface area contributed by atoms with Gasteiger partial charge in [0, 0.05) is 5.56 Å². The van der Waals surface area contributed by atoms with Crippen molar-refractivity contribution in [2.24, 2.45) is 0 Å². The Hall–Kier alpha value is -2.16. The van der Waals surface area contributed by atoms with Gasteiger partial charge in [0.15, 0.2) is 0 Å². The van der Waals surface area contributed by atoms with Crippen molar-refractivity contribution in [1.29, 1.82) is 0 Å². The van der Waals surface area contributed by atoms with Crippen molar-refractivity contribution in [1.82, 2.24) is 5.32 Å². The highest BCUT2D eigenvalue weighted by Gasteiger charge is 2.13. The number of halogens is 1. The van der Waals surface area contributed by atoms with E-state index in [1.165, 1.54) is 18.2 Å². The molecule has 0 aliphatic heterocycles. The van der Waals surface area contributed by atoms with Crippen molar-refractivity contribution in [3.63, 3.8) is 0 Å². The van der Waals surface area contributed by atoms with Gasteiger partial charge in [0.1, 0.15) is 5.82 Å². The van der Waals surface area contributed by atoms with Crippen LogP contribution in [-0.4, -0.2) is 5.91 Å². The van der Waals surface area contributed by atoms with Crippen LogP contribution in [0.5, 0.6) is 0 Å². The van der Waals surface area contributed by atoms with Crippen LogP contribution < -0.4 is 5.32 Å². The van der Waals surface area contributed by atoms with Crippen molar-refractivity contribution < 1.29 is 9.18 Å². The number of benzene rings is 2. The Morgan fingerprint density at radius 2 is 1.90 bits per heavy atom. The Morgan fingerprint density at radius 1 is 1.15 bits per heavy atom. The summed E-state index contributed by atoms with van der Waals surface area (Å²) in [5.74, 6) is -0.671. The van der Waals surface area contributed by atoms with E-state index in [9.17, 15) is 9.18 Å². The summed E-state index contributed by atoms with van der Waals surface area (Å²) in [6.07, 6.45) is 0. The quantitative estimate of drug-likeness (QED) is 0.900. The summed E-state index contributed by atoms with van der Waals surface area (Å²) in [6.45, 7) is 5.96. The molecule has 0 heterocycles. The van der Waals surface area contributed by atoms with Crippen LogP contribution in [0.1, 0.15) is 40.0 Å². The minimum atomic E-state index is -0.406. The summed E-state index contributed by atoms with van der Waals surface area (Å²) >= 11 is 0. The fourth-order valence-electron chi connectivity index (χ4n) is 2.21. The van der Waals surface area contributed by atoms with Crippen LogP contribution >= 0.6 is 0 Å². The molecule has 0 unspecified atom stereocenters. The van der Waals surface area contributed by atoms with Gasteiger partial charge in [-0.1, -0.05) is 29.8 Å². The third-order valence-electron chi connectivity index (χ3n) is 3.34. The number of rotatable bonds is 3. The van der Waals surface area contributed by atoms with Crippen LogP contribution in [0.25, 0.3) is 0 Å². The maximum atomic E-state index is 13.1. The fraction of sp³-hybridized carbons (Fsp3) is 0.235. The normalized spacial score (nSPS) is 12.0. The molecule has 3 heteroatoms. The average molecular weight is 271 g/mol. The predicted molar refractivity (Wildman–Crippen MR) is 78.2 cm³/mol. The first-order chi connectivity index (χ1) is 9.47. The van der Waals surface area contributed by atoms with E-state index in [2.05, 4.69) is 11.4 Å². The van der Waals surface area contributed by atoms with E-state index in [1.54, 1.807) is 6.07 Å². The smallest absolute Gasteiger partial charge is 0.251 e. The molecular formula is C17H18FNO. The van der Waals surface area contributed by atoms with Crippen molar-refractivity contribution in [3.05, 3.63) is 70.5 Å². The van der Waals surface area contributed by atoms with Crippen LogP contribution in [0.2, 0.25) is 0 Å². The predicted octanol–water partition coefficient (Wildman–Crippen LogP) is 3.93. The first kappa shape index (κ1) is 14.3. The van der Waals surface area contributed by atoms with Gasteiger partial charge in [-0.25, -0.2) is 4.39 Å². The molecule has 0 aliphatic rings. The Bertz CT molecular complexity index is 637. The molecule has 20 heavy (non-hydrogen) atoms. The summed E-state index contributed by atoms with van der Waals surface area (Å²) in [5, 5.41) is 2.90. The van der Waals surface area contributed by atoms with E-state index in [0.29, 0.717) is 5.56 Å². The molecule has 0 saturated heterocycles. The molecule has 1 atom stereocenters. The second-order valence-corrected chi connectivity index (χ2v) is 5.07. The largest absolute Gasteiger partial charge is 0.346 e. The number of aryl methyl sites for hydroxylation is 2. The molecule has 104 valence electrons. The molecule has 0 bridgehead atoms. The molecule has 2 aromatic rings. The Morgan fingerprint density at radius 3 is 2.60 bits per heavy atom. The van der Waals surface area contributed by atoms with Gasteiger partial charge in [0.2, 0.25) is 0 Å². The van der Waals surface area contributed by atoms with Crippen LogP contribution in [0.4, 0.5) is 4.39 Å². The maximum Gasteiger partial charge on any atom is 0.251 e. The topological polar surface area (TPSA) is 29.1 Å². The standard InChI is InChI=1S/C17H18FNO/c1-11-7-8-12(2)16(9-11)13(3)19-17(20)14-5-4-6-15(18)10-14/h4-10,13H,1-3H3,(H,19,20)/t13-/m0/s1. The van der Waals surface area contributed by atoms with E-state index in [4.69, 9.17) is 0 Å². The van der Waals surface area contributed by atoms with Gasteiger partial charge in [0.05, 0.1) is 6.04 Å². The molecule has 2 rings (SSSR count). The van der Waals surface area contributed by atoms with Gasteiger partial charge in [0.25, 0.3) is 5.91 Å². The molecular weight excluding hydrogens is 253 g/mol. The monoisotopic (exact) mass is 271 g/mol. The van der Waals surface area contributed by atoms with Crippen LogP contribution in [-0.2, 0) is 0 Å². The molecule has 2 nitrogen and oxygen atoms in total. The molecule has 0 aromatic heterocycles. The van der Waals surface area contributed by atoms with E-state index in [0.717, 1.165) is 16.7 Å². The number of carbonyl (C=O) groups is 1. The zero-order valence-corrected chi connectivity index (χ0v) is 11.9. The highest BCUT2D eigenvalue weighted by Crippen LogP contribution is 2.19. The second kappa shape index (κ2) is 5.87. The minimum Gasteiger partial charge on any atom is -0.346 e. The van der Waals surface area contributed by atoms with Crippen molar-refractivity contribution in [2.45, 2.75) is 26.8 Å². The van der Waals surface area contributed by atoms with Gasteiger partial charge < -0.3 is 5.32 Å². The number of carbonyl (C=O) groups excluding carboxylic acids is 1. The molecule has 0 saturated carbocycles. The van der Waals surface area contributed by atoms with Gasteiger partial charge in [-0.3, -0.25) is 4.79 Å². The van der Waals surface area contributed by atoms with E-state index in [1.807, 2.05) is 32.9 Å². The van der Waals surface area contributed by atoms with Crippen molar-refractivity contribution in [2.75, 3.05) is 0 Å². The van der Waals surface area contributed by atoms with Gasteiger partial charge >= 0.3 is 0 Å². The molecule has 1 N–H and O–H groups in total. The summed E-state index contributed by atoms with van der Waals surface area (Å²) in [6, 6.07) is 11.7. The first-order valence-corrected chi connectivity index (χ1v) is 6.61. The lowest BCUT2D eigenvalue weighted by Gasteiger charge is -2.17. The summed E-state index contributed by atoms with van der Waals surface area (Å²) in [4.78, 5) is 12.1. The van der Waals surface area contributed by atoms with Gasteiger partial charge in [-0.15, -0.1) is 0 Å². The van der Waals surface area contributed by atoms with Gasteiger partial charge in [-0.05, 0) is 50.1 Å². The molecule has 0 radical (unpaired) electrons. The van der Waals surface area contributed by atoms with Crippen molar-refractivity contribution >= 4 is 5.91 Å². The third-order valence-corrected chi connectivity index (χ3v) is 3.34. The number of hydrogen-bond donors (Lipinski definition) is 1. The fourth-order valence-corrected chi connectivity index (χ4v) is 2.21. The summed E-state index contributed by atoms with van der Waals surface area (Å²) < 4.78 is 13.1. The molecule has 0 spiro atoms. The molecule has 0 aliphatic carbocycles. The second-order valence-electron chi connectivity index (χ2n) is 5.07. The highest BCUT2D eigenvalue weighted by atomic mass is 19.1. The zero-order valence-electron chi connectivity index (χ0n) is 11.9. The lowest BCUT2D eigenvalue weighted by molar-refractivity contribution is 0.0939. The number of hydrogen-bond acceptors (Lipinski definition) is 1. The van der Waals surface area contributed by atoms with E-state index < -0.39 is 5.82 Å². The van der Waals surface area contributed by atoms with Crippen molar-refractivity contribution in [3.8, 4) is 0 Å². The lowest BCUT2D eigenvalue weighted by atomic mass is 10.00. The third kappa shape index (κ3) is 3.23. The minimum absolute atomic E-state index is 0.120.